The highest BCUT2D eigenvalue weighted by molar-refractivity contribution is 7.93. The van der Waals surface area contributed by atoms with Crippen molar-refractivity contribution in [2.75, 3.05) is 17.8 Å². The fraction of sp³-hybridized carbons (Fsp3) is 0.412. The minimum atomic E-state index is -3.71. The van der Waals surface area contributed by atoms with Crippen molar-refractivity contribution in [3.63, 3.8) is 0 Å². The molecule has 0 unspecified atom stereocenters. The van der Waals surface area contributed by atoms with Crippen LogP contribution in [0.25, 0.3) is 0 Å². The number of hydrogen-bond acceptors (Lipinski definition) is 5. The average Bonchev–Trinajstić information content (AvgIpc) is 2.94. The first-order chi connectivity index (χ1) is 11.9. The fourth-order valence-corrected chi connectivity index (χ4v) is 4.60. The third-order valence-electron chi connectivity index (χ3n) is 3.54. The Morgan fingerprint density at radius 2 is 1.76 bits per heavy atom. The van der Waals surface area contributed by atoms with E-state index in [0.29, 0.717) is 23.7 Å². The second kappa shape index (κ2) is 8.44. The van der Waals surface area contributed by atoms with Gasteiger partial charge in [0.1, 0.15) is 4.88 Å². The molecule has 0 saturated heterocycles. The van der Waals surface area contributed by atoms with Crippen LogP contribution >= 0.6 is 11.3 Å². The Labute approximate surface area is 153 Å². The van der Waals surface area contributed by atoms with Crippen molar-refractivity contribution in [3.05, 3.63) is 40.9 Å². The Morgan fingerprint density at radius 3 is 2.32 bits per heavy atom. The lowest BCUT2D eigenvalue weighted by atomic mass is 10.3. The first-order valence-corrected chi connectivity index (χ1v) is 10.5. The molecule has 0 spiro atoms. The first kappa shape index (κ1) is 19.4. The molecule has 0 aliphatic heterocycles. The summed E-state index contributed by atoms with van der Waals surface area (Å²) in [5.74, 6) is -0.0936. The van der Waals surface area contributed by atoms with Gasteiger partial charge in [0.05, 0.1) is 10.6 Å². The molecular weight excluding hydrogens is 358 g/mol. The number of thiazole rings is 1. The Bertz CT molecular complexity index is 811. The monoisotopic (exact) mass is 381 g/mol. The quantitative estimate of drug-likeness (QED) is 0.759. The Morgan fingerprint density at radius 1 is 1.16 bits per heavy atom. The van der Waals surface area contributed by atoms with Crippen LogP contribution in [-0.4, -0.2) is 37.3 Å². The van der Waals surface area contributed by atoms with E-state index in [1.807, 2.05) is 13.8 Å². The van der Waals surface area contributed by atoms with Crippen LogP contribution in [0.3, 0.4) is 0 Å². The van der Waals surface area contributed by atoms with Crippen molar-refractivity contribution < 1.29 is 13.2 Å². The lowest BCUT2D eigenvalue weighted by Gasteiger charge is -2.20. The van der Waals surface area contributed by atoms with E-state index in [0.717, 1.165) is 24.2 Å². The summed E-state index contributed by atoms with van der Waals surface area (Å²) < 4.78 is 27.2. The SMILES string of the molecule is CCCN(CCC)C(=O)c1sc(NS(=O)(=O)c2ccccc2)nc1C. The number of nitrogens with zero attached hydrogens (tertiary/aromatic N) is 2. The molecule has 0 aliphatic rings. The summed E-state index contributed by atoms with van der Waals surface area (Å²) in [6, 6.07) is 8.09. The molecule has 0 bridgehead atoms. The number of carbonyl (C=O) groups excluding carboxylic acids is 1. The second-order valence-corrected chi connectivity index (χ2v) is 8.33. The molecule has 1 heterocycles. The predicted octanol–water partition coefficient (Wildman–Crippen LogP) is 3.51. The van der Waals surface area contributed by atoms with Gasteiger partial charge in [-0.25, -0.2) is 13.4 Å². The van der Waals surface area contributed by atoms with Gasteiger partial charge in [-0.2, -0.15) is 0 Å². The summed E-state index contributed by atoms with van der Waals surface area (Å²) in [5, 5.41) is 0.206. The first-order valence-electron chi connectivity index (χ1n) is 8.23. The molecule has 0 radical (unpaired) electrons. The lowest BCUT2D eigenvalue weighted by molar-refractivity contribution is 0.0759. The van der Waals surface area contributed by atoms with Gasteiger partial charge in [0.15, 0.2) is 5.13 Å². The van der Waals surface area contributed by atoms with Crippen LogP contribution in [0, 0.1) is 6.92 Å². The van der Waals surface area contributed by atoms with Crippen LogP contribution in [0.15, 0.2) is 35.2 Å². The van der Waals surface area contributed by atoms with Crippen molar-refractivity contribution >= 4 is 32.4 Å². The normalized spacial score (nSPS) is 11.3. The maximum absolute atomic E-state index is 12.7. The number of aromatic nitrogens is 1. The van der Waals surface area contributed by atoms with Crippen molar-refractivity contribution in [2.24, 2.45) is 0 Å². The number of hydrogen-bond donors (Lipinski definition) is 1. The average molecular weight is 382 g/mol. The van der Waals surface area contributed by atoms with E-state index >= 15 is 0 Å². The second-order valence-electron chi connectivity index (χ2n) is 5.64. The zero-order valence-electron chi connectivity index (χ0n) is 14.7. The summed E-state index contributed by atoms with van der Waals surface area (Å²) in [6.45, 7) is 7.12. The number of anilines is 1. The zero-order chi connectivity index (χ0) is 18.4. The summed E-state index contributed by atoms with van der Waals surface area (Å²) in [7, 11) is -3.71. The smallest absolute Gasteiger partial charge is 0.265 e. The van der Waals surface area contributed by atoms with Gasteiger partial charge < -0.3 is 4.90 Å². The Kier molecular flexibility index (Phi) is 6.55. The molecule has 1 amide bonds. The van der Waals surface area contributed by atoms with Crippen LogP contribution in [-0.2, 0) is 10.0 Å². The molecule has 0 aliphatic carbocycles. The van der Waals surface area contributed by atoms with Gasteiger partial charge in [0, 0.05) is 13.1 Å². The predicted molar refractivity (Wildman–Crippen MR) is 101 cm³/mol. The van der Waals surface area contributed by atoms with E-state index in [-0.39, 0.29) is 15.9 Å². The van der Waals surface area contributed by atoms with Crippen LogP contribution < -0.4 is 4.72 Å². The van der Waals surface area contributed by atoms with Gasteiger partial charge in [-0.3, -0.25) is 9.52 Å². The standard InChI is InChI=1S/C17H23N3O3S2/c1-4-11-20(12-5-2)16(21)15-13(3)18-17(24-15)19-25(22,23)14-9-7-6-8-10-14/h6-10H,4-5,11-12H2,1-3H3,(H,18,19). The van der Waals surface area contributed by atoms with Crippen molar-refractivity contribution in [2.45, 2.75) is 38.5 Å². The van der Waals surface area contributed by atoms with Crippen LogP contribution in [0.5, 0.6) is 0 Å². The van der Waals surface area contributed by atoms with Crippen molar-refractivity contribution in [1.29, 1.82) is 0 Å². The Hall–Kier alpha value is -1.93. The number of sulfonamides is 1. The number of amides is 1. The Balaban J connectivity index is 2.23. The number of nitrogens with one attached hydrogen (secondary N) is 1. The van der Waals surface area contributed by atoms with E-state index in [1.165, 1.54) is 12.1 Å². The summed E-state index contributed by atoms with van der Waals surface area (Å²) in [5.41, 5.74) is 0.540. The largest absolute Gasteiger partial charge is 0.338 e. The molecule has 1 aromatic heterocycles. The van der Waals surface area contributed by atoms with E-state index in [1.54, 1.807) is 30.0 Å². The third kappa shape index (κ3) is 4.79. The molecule has 8 heteroatoms. The molecule has 136 valence electrons. The molecule has 0 fully saturated rings. The number of carbonyl (C=O) groups is 1. The maximum Gasteiger partial charge on any atom is 0.265 e. The van der Waals surface area contributed by atoms with E-state index in [2.05, 4.69) is 9.71 Å². The van der Waals surface area contributed by atoms with Gasteiger partial charge in [-0.15, -0.1) is 0 Å². The van der Waals surface area contributed by atoms with Gasteiger partial charge in [0.25, 0.3) is 15.9 Å². The fourth-order valence-electron chi connectivity index (χ4n) is 2.41. The minimum Gasteiger partial charge on any atom is -0.338 e. The minimum absolute atomic E-state index is 0.0936. The maximum atomic E-state index is 12.7. The summed E-state index contributed by atoms with van der Waals surface area (Å²) >= 11 is 1.08. The zero-order valence-corrected chi connectivity index (χ0v) is 16.3. The topological polar surface area (TPSA) is 79.4 Å². The van der Waals surface area contributed by atoms with Crippen LogP contribution in [0.2, 0.25) is 0 Å². The van der Waals surface area contributed by atoms with Gasteiger partial charge in [-0.1, -0.05) is 43.4 Å². The van der Waals surface area contributed by atoms with E-state index < -0.39 is 10.0 Å². The molecular formula is C17H23N3O3S2. The summed E-state index contributed by atoms with van der Waals surface area (Å²) in [6.07, 6.45) is 1.74. The van der Waals surface area contributed by atoms with Crippen molar-refractivity contribution in [1.82, 2.24) is 9.88 Å². The third-order valence-corrected chi connectivity index (χ3v) is 6.09. The number of rotatable bonds is 8. The molecule has 0 saturated carbocycles. The molecule has 0 atom stereocenters. The van der Waals surface area contributed by atoms with Crippen LogP contribution in [0.1, 0.15) is 42.1 Å². The van der Waals surface area contributed by atoms with Crippen molar-refractivity contribution in [3.8, 4) is 0 Å². The van der Waals surface area contributed by atoms with E-state index in [4.69, 9.17) is 0 Å². The molecule has 25 heavy (non-hydrogen) atoms. The molecule has 6 nitrogen and oxygen atoms in total. The van der Waals surface area contributed by atoms with Gasteiger partial charge in [0.2, 0.25) is 0 Å². The molecule has 2 aromatic rings. The van der Waals surface area contributed by atoms with Gasteiger partial charge >= 0.3 is 0 Å². The van der Waals surface area contributed by atoms with Gasteiger partial charge in [-0.05, 0) is 31.9 Å². The highest BCUT2D eigenvalue weighted by Gasteiger charge is 2.23. The molecule has 1 aromatic carbocycles. The van der Waals surface area contributed by atoms with Crippen LogP contribution in [0.4, 0.5) is 5.13 Å². The number of aryl methyl sites for hydroxylation is 1. The summed E-state index contributed by atoms with van der Waals surface area (Å²) in [4.78, 5) is 19.4. The molecule has 2 rings (SSSR count). The van der Waals surface area contributed by atoms with E-state index in [9.17, 15) is 13.2 Å². The molecule has 1 N–H and O–H groups in total. The lowest BCUT2D eigenvalue weighted by Crippen LogP contribution is -2.32. The highest BCUT2D eigenvalue weighted by atomic mass is 32.2. The highest BCUT2D eigenvalue weighted by Crippen LogP contribution is 2.26. The number of benzene rings is 1.